The third-order valence-electron chi connectivity index (χ3n) is 3.04. The zero-order valence-electron chi connectivity index (χ0n) is 13.0. The number of rotatable bonds is 9. The lowest BCUT2D eigenvalue weighted by Crippen LogP contribution is -2.45. The topological polar surface area (TPSA) is 37.0 Å². The van der Waals surface area contributed by atoms with Crippen molar-refractivity contribution in [1.29, 1.82) is 0 Å². The molecule has 5 heteroatoms. The SMILES string of the molecule is CC(C)CN1CCO[C@H](COCCCNN(C)C)C1. The lowest BCUT2D eigenvalue weighted by Gasteiger charge is -2.33. The predicted molar refractivity (Wildman–Crippen MR) is 78.1 cm³/mol. The molecule has 1 rings (SSSR count). The van der Waals surface area contributed by atoms with Gasteiger partial charge >= 0.3 is 0 Å². The molecule has 0 aromatic carbocycles. The van der Waals surface area contributed by atoms with E-state index in [2.05, 4.69) is 24.2 Å². The van der Waals surface area contributed by atoms with Crippen LogP contribution in [0, 0.1) is 5.92 Å². The lowest BCUT2D eigenvalue weighted by atomic mass is 10.2. The van der Waals surface area contributed by atoms with Crippen LogP contribution in [-0.4, -0.2) is 76.1 Å². The Kier molecular flexibility index (Phi) is 8.57. The minimum absolute atomic E-state index is 0.245. The molecule has 1 fully saturated rings. The first-order chi connectivity index (χ1) is 9.08. The summed E-state index contributed by atoms with van der Waals surface area (Å²) in [5, 5.41) is 1.97. The van der Waals surface area contributed by atoms with Crippen molar-refractivity contribution in [3.8, 4) is 0 Å². The van der Waals surface area contributed by atoms with Crippen molar-refractivity contribution in [2.45, 2.75) is 26.4 Å². The van der Waals surface area contributed by atoms with Gasteiger partial charge in [0.05, 0.1) is 19.3 Å². The van der Waals surface area contributed by atoms with E-state index in [1.807, 2.05) is 19.1 Å². The number of ether oxygens (including phenoxy) is 2. The van der Waals surface area contributed by atoms with E-state index >= 15 is 0 Å². The van der Waals surface area contributed by atoms with Gasteiger partial charge in [-0.3, -0.25) is 15.3 Å². The minimum atomic E-state index is 0.245. The summed E-state index contributed by atoms with van der Waals surface area (Å²) < 4.78 is 11.4. The van der Waals surface area contributed by atoms with Crippen LogP contribution >= 0.6 is 0 Å². The average Bonchev–Trinajstić information content (AvgIpc) is 2.33. The van der Waals surface area contributed by atoms with Gasteiger partial charge in [-0.2, -0.15) is 0 Å². The van der Waals surface area contributed by atoms with Gasteiger partial charge in [-0.1, -0.05) is 13.8 Å². The summed E-state index contributed by atoms with van der Waals surface area (Å²) in [7, 11) is 4.00. The van der Waals surface area contributed by atoms with Gasteiger partial charge in [0.2, 0.25) is 0 Å². The summed E-state index contributed by atoms with van der Waals surface area (Å²) in [6.07, 6.45) is 1.27. The fraction of sp³-hybridized carbons (Fsp3) is 1.00. The highest BCUT2D eigenvalue weighted by molar-refractivity contribution is 4.72. The second-order valence-electron chi connectivity index (χ2n) is 5.88. The van der Waals surface area contributed by atoms with Gasteiger partial charge in [0.15, 0.2) is 0 Å². The molecule has 1 N–H and O–H groups in total. The Morgan fingerprint density at radius 3 is 2.89 bits per heavy atom. The summed E-state index contributed by atoms with van der Waals surface area (Å²) >= 11 is 0. The second-order valence-corrected chi connectivity index (χ2v) is 5.88. The fourth-order valence-corrected chi connectivity index (χ4v) is 2.26. The Morgan fingerprint density at radius 1 is 1.42 bits per heavy atom. The molecule has 1 saturated heterocycles. The molecule has 0 spiro atoms. The summed E-state index contributed by atoms with van der Waals surface area (Å²) in [5.74, 6) is 0.719. The molecule has 0 amide bonds. The molecule has 1 aliphatic heterocycles. The van der Waals surface area contributed by atoms with Crippen LogP contribution in [0.3, 0.4) is 0 Å². The van der Waals surface area contributed by atoms with Gasteiger partial charge in [0, 0.05) is 46.9 Å². The summed E-state index contributed by atoms with van der Waals surface area (Å²) in [6.45, 7) is 11.1. The minimum Gasteiger partial charge on any atom is -0.379 e. The van der Waals surface area contributed by atoms with E-state index in [9.17, 15) is 0 Å². The highest BCUT2D eigenvalue weighted by Crippen LogP contribution is 2.08. The average molecular weight is 273 g/mol. The van der Waals surface area contributed by atoms with Crippen LogP contribution in [-0.2, 0) is 9.47 Å². The molecule has 0 saturated carbocycles. The van der Waals surface area contributed by atoms with Crippen LogP contribution in [0.4, 0.5) is 0 Å². The van der Waals surface area contributed by atoms with E-state index in [-0.39, 0.29) is 6.10 Å². The maximum atomic E-state index is 5.74. The number of morpholine rings is 1. The van der Waals surface area contributed by atoms with Crippen LogP contribution in [0.15, 0.2) is 0 Å². The normalized spacial score (nSPS) is 21.5. The van der Waals surface area contributed by atoms with E-state index < -0.39 is 0 Å². The van der Waals surface area contributed by atoms with Crippen molar-refractivity contribution in [2.75, 3.05) is 60.1 Å². The Morgan fingerprint density at radius 2 is 2.21 bits per heavy atom. The van der Waals surface area contributed by atoms with Crippen molar-refractivity contribution in [3.63, 3.8) is 0 Å². The standard InChI is InChI=1S/C14H31N3O2/c1-13(2)10-17-7-9-19-14(11-17)12-18-8-5-6-15-16(3)4/h13-15H,5-12H2,1-4H3/t14-/m0/s1. The van der Waals surface area contributed by atoms with Crippen molar-refractivity contribution in [1.82, 2.24) is 15.3 Å². The van der Waals surface area contributed by atoms with E-state index in [1.165, 1.54) is 0 Å². The number of hydrogen-bond acceptors (Lipinski definition) is 5. The van der Waals surface area contributed by atoms with Crippen LogP contribution in [0.1, 0.15) is 20.3 Å². The molecule has 0 aromatic heterocycles. The number of nitrogens with one attached hydrogen (secondary N) is 1. The third-order valence-corrected chi connectivity index (χ3v) is 3.04. The fourth-order valence-electron chi connectivity index (χ4n) is 2.26. The van der Waals surface area contributed by atoms with Crippen molar-refractivity contribution in [2.24, 2.45) is 5.92 Å². The number of hydrogen-bond donors (Lipinski definition) is 1. The second kappa shape index (κ2) is 9.66. The third kappa shape index (κ3) is 8.55. The molecule has 0 bridgehead atoms. The maximum absolute atomic E-state index is 5.74. The smallest absolute Gasteiger partial charge is 0.0935 e. The molecule has 1 aliphatic rings. The van der Waals surface area contributed by atoms with Crippen LogP contribution in [0.5, 0.6) is 0 Å². The summed E-state index contributed by atoms with van der Waals surface area (Å²) in [6, 6.07) is 0. The molecule has 0 radical (unpaired) electrons. The number of hydrazine groups is 1. The van der Waals surface area contributed by atoms with E-state index in [4.69, 9.17) is 9.47 Å². The zero-order chi connectivity index (χ0) is 14.1. The molecule has 19 heavy (non-hydrogen) atoms. The summed E-state index contributed by atoms with van der Waals surface area (Å²) in [4.78, 5) is 2.48. The molecule has 114 valence electrons. The Balaban J connectivity index is 2.02. The van der Waals surface area contributed by atoms with Gasteiger partial charge in [-0.25, -0.2) is 0 Å². The first-order valence-corrected chi connectivity index (χ1v) is 7.40. The van der Waals surface area contributed by atoms with Crippen LogP contribution in [0.25, 0.3) is 0 Å². The molecule has 0 aromatic rings. The zero-order valence-corrected chi connectivity index (χ0v) is 13.0. The van der Waals surface area contributed by atoms with Gasteiger partial charge in [0.1, 0.15) is 0 Å². The molecule has 1 heterocycles. The maximum Gasteiger partial charge on any atom is 0.0935 e. The van der Waals surface area contributed by atoms with E-state index in [0.29, 0.717) is 0 Å². The quantitative estimate of drug-likeness (QED) is 0.497. The molecule has 1 atom stereocenters. The highest BCUT2D eigenvalue weighted by Gasteiger charge is 2.20. The van der Waals surface area contributed by atoms with E-state index in [0.717, 1.165) is 58.3 Å². The first-order valence-electron chi connectivity index (χ1n) is 7.40. The molecule has 5 nitrogen and oxygen atoms in total. The van der Waals surface area contributed by atoms with Crippen molar-refractivity contribution in [3.05, 3.63) is 0 Å². The molecular formula is C14H31N3O2. The largest absolute Gasteiger partial charge is 0.379 e. The molecular weight excluding hydrogens is 242 g/mol. The molecule has 0 aliphatic carbocycles. The Bertz CT molecular complexity index is 225. The molecule has 0 unspecified atom stereocenters. The predicted octanol–water partition coefficient (Wildman–Crippen LogP) is 0.816. The summed E-state index contributed by atoms with van der Waals surface area (Å²) in [5.41, 5.74) is 3.23. The number of nitrogens with zero attached hydrogens (tertiary/aromatic N) is 2. The van der Waals surface area contributed by atoms with Gasteiger partial charge in [-0.15, -0.1) is 0 Å². The van der Waals surface area contributed by atoms with Crippen molar-refractivity contribution >= 4 is 0 Å². The van der Waals surface area contributed by atoms with Gasteiger partial charge in [-0.05, 0) is 12.3 Å². The van der Waals surface area contributed by atoms with Crippen LogP contribution < -0.4 is 5.43 Å². The monoisotopic (exact) mass is 273 g/mol. The van der Waals surface area contributed by atoms with Crippen LogP contribution in [0.2, 0.25) is 0 Å². The lowest BCUT2D eigenvalue weighted by molar-refractivity contribution is -0.0713. The Labute approximate surface area is 118 Å². The highest BCUT2D eigenvalue weighted by atomic mass is 16.5. The Hall–Kier alpha value is -0.200. The first kappa shape index (κ1) is 16.9. The van der Waals surface area contributed by atoms with Gasteiger partial charge < -0.3 is 9.47 Å². The van der Waals surface area contributed by atoms with E-state index in [1.54, 1.807) is 0 Å². The van der Waals surface area contributed by atoms with Crippen molar-refractivity contribution < 1.29 is 9.47 Å². The van der Waals surface area contributed by atoms with Gasteiger partial charge in [0.25, 0.3) is 0 Å².